The molecule has 0 amide bonds. The Morgan fingerprint density at radius 2 is 0.511 bits per heavy atom. The minimum absolute atomic E-state index is 0.300. The lowest BCUT2D eigenvalue weighted by Crippen LogP contribution is -2.06. The molecule has 4 heteroatoms. The van der Waals surface area contributed by atoms with E-state index in [1.54, 1.807) is 0 Å². The van der Waals surface area contributed by atoms with Gasteiger partial charge in [-0.2, -0.15) is 0 Å². The van der Waals surface area contributed by atoms with Crippen LogP contribution >= 0.6 is 0 Å². The molecule has 0 aromatic carbocycles. The van der Waals surface area contributed by atoms with Crippen molar-refractivity contribution in [3.05, 3.63) is 0 Å². The molecule has 0 aromatic rings. The molecule has 0 atom stereocenters. The molecule has 0 unspecified atom stereocenters. The maximum absolute atomic E-state index is 8.50. The summed E-state index contributed by atoms with van der Waals surface area (Å²) in [6.07, 6.45) is 19.4. The molecule has 0 rings (SSSR count). The van der Waals surface area contributed by atoms with Gasteiger partial charge in [0.15, 0.2) is 0 Å². The molecule has 0 aliphatic carbocycles. The first-order chi connectivity index (χ1) is 20.3. The van der Waals surface area contributed by atoms with E-state index in [2.05, 4.69) is 111 Å². The molecule has 0 aliphatic heterocycles. The largest absolute Gasteiger partial charge is 0.396 e. The van der Waals surface area contributed by atoms with Crippen molar-refractivity contribution >= 4 is 0 Å². The van der Waals surface area contributed by atoms with Gasteiger partial charge in [0, 0.05) is 26.4 Å². The standard InChI is InChI=1S/C11H24.C9H20O.C8H18O.C7H16O.C6H14O/c1-5-6-7-8-9-10-11(2,3)4;1-9(2,3)7-5-4-6-8-10;1-8(2,3)6-4-5-7-9;1-7(2,3)5-4-6-8;1-6(2,3)4-5-7/h5-10H2,1-4H3;10H,4-8H2,1-3H3;9H,4-7H2,1-3H3;8H,4-6H2,1-3H3;7H,4-5H2,1-3H3. The SMILES string of the molecule is CC(C)(C)CCCCCO.CC(C)(C)CCCCO.CC(C)(C)CCCO.CC(C)(C)CCO.CCCCCCCC(C)(C)C. The van der Waals surface area contributed by atoms with Crippen LogP contribution in [0.15, 0.2) is 0 Å². The van der Waals surface area contributed by atoms with E-state index in [0.717, 1.165) is 38.5 Å². The van der Waals surface area contributed by atoms with Crippen molar-refractivity contribution in [3.63, 3.8) is 0 Å². The maximum Gasteiger partial charge on any atom is 0.0436 e. The van der Waals surface area contributed by atoms with E-state index >= 15 is 0 Å². The first-order valence-corrected chi connectivity index (χ1v) is 18.7. The van der Waals surface area contributed by atoms with Crippen LogP contribution in [0.2, 0.25) is 0 Å². The summed E-state index contributed by atoms with van der Waals surface area (Å²) in [6, 6.07) is 0. The summed E-state index contributed by atoms with van der Waals surface area (Å²) in [5.41, 5.74) is 2.15. The molecule has 4 N–H and O–H groups in total. The van der Waals surface area contributed by atoms with Crippen molar-refractivity contribution in [2.24, 2.45) is 27.1 Å². The third-order valence-corrected chi connectivity index (χ3v) is 6.90. The molecular formula is C41H92O4. The van der Waals surface area contributed by atoms with Gasteiger partial charge >= 0.3 is 0 Å². The van der Waals surface area contributed by atoms with Crippen LogP contribution in [0.1, 0.15) is 214 Å². The Balaban J connectivity index is -0.000000149. The van der Waals surface area contributed by atoms with Gasteiger partial charge in [0.1, 0.15) is 0 Å². The number of aliphatic hydroxyl groups is 4. The van der Waals surface area contributed by atoms with Crippen molar-refractivity contribution in [1.82, 2.24) is 0 Å². The van der Waals surface area contributed by atoms with Gasteiger partial charge in [-0.05, 0) is 78.4 Å². The van der Waals surface area contributed by atoms with Crippen LogP contribution in [0.5, 0.6) is 0 Å². The molecule has 0 saturated heterocycles. The van der Waals surface area contributed by atoms with Crippen molar-refractivity contribution in [2.75, 3.05) is 26.4 Å². The summed E-state index contributed by atoms with van der Waals surface area (Å²) in [6.45, 7) is 36.9. The predicted octanol–water partition coefficient (Wildman–Crippen LogP) is 12.4. The molecular weight excluding hydrogens is 556 g/mol. The van der Waals surface area contributed by atoms with E-state index < -0.39 is 0 Å². The van der Waals surface area contributed by atoms with Crippen LogP contribution in [0.25, 0.3) is 0 Å². The summed E-state index contributed by atoms with van der Waals surface area (Å²) >= 11 is 0. The highest BCUT2D eigenvalue weighted by Gasteiger charge is 2.10. The minimum atomic E-state index is 0.300. The lowest BCUT2D eigenvalue weighted by atomic mass is 9.89. The third-order valence-electron chi connectivity index (χ3n) is 6.90. The maximum atomic E-state index is 8.50. The zero-order chi connectivity index (χ0) is 36.6. The fourth-order valence-corrected chi connectivity index (χ4v) is 3.91. The van der Waals surface area contributed by atoms with E-state index in [-0.39, 0.29) is 0 Å². The van der Waals surface area contributed by atoms with Crippen molar-refractivity contribution in [3.8, 4) is 0 Å². The fourth-order valence-electron chi connectivity index (χ4n) is 3.91. The molecule has 0 spiro atoms. The lowest BCUT2D eigenvalue weighted by Gasteiger charge is -2.17. The molecule has 0 radical (unpaired) electrons. The van der Waals surface area contributed by atoms with Crippen LogP contribution in [0.3, 0.4) is 0 Å². The molecule has 45 heavy (non-hydrogen) atoms. The number of rotatable bonds is 15. The Morgan fingerprint density at radius 1 is 0.267 bits per heavy atom. The Kier molecular flexibility index (Phi) is 39.1. The second-order valence-corrected chi connectivity index (χ2v) is 19.0. The summed E-state index contributed by atoms with van der Waals surface area (Å²) in [4.78, 5) is 0. The average Bonchev–Trinajstić information content (AvgIpc) is 2.84. The van der Waals surface area contributed by atoms with E-state index in [9.17, 15) is 0 Å². The van der Waals surface area contributed by atoms with Gasteiger partial charge in [-0.25, -0.2) is 0 Å². The Labute approximate surface area is 287 Å². The number of aliphatic hydroxyl groups excluding tert-OH is 4. The Bertz CT molecular complexity index is 536. The summed E-state index contributed by atoms with van der Waals surface area (Å²) in [5.74, 6) is 0. The van der Waals surface area contributed by atoms with Crippen LogP contribution in [-0.2, 0) is 0 Å². The summed E-state index contributed by atoms with van der Waals surface area (Å²) in [5, 5.41) is 33.8. The Morgan fingerprint density at radius 3 is 0.733 bits per heavy atom. The van der Waals surface area contributed by atoms with E-state index in [1.807, 2.05) is 0 Å². The van der Waals surface area contributed by atoms with Crippen molar-refractivity contribution < 1.29 is 20.4 Å². The smallest absolute Gasteiger partial charge is 0.0436 e. The molecule has 0 fully saturated rings. The minimum Gasteiger partial charge on any atom is -0.396 e. The molecule has 280 valence electrons. The molecule has 0 saturated carbocycles. The van der Waals surface area contributed by atoms with Crippen LogP contribution in [0, 0.1) is 27.1 Å². The normalized spacial score (nSPS) is 12.0. The molecule has 0 heterocycles. The average molecular weight is 649 g/mol. The highest BCUT2D eigenvalue weighted by atomic mass is 16.3. The predicted molar refractivity (Wildman–Crippen MR) is 205 cm³/mol. The first kappa shape index (κ1) is 54.3. The number of hydrogen-bond donors (Lipinski definition) is 4. The van der Waals surface area contributed by atoms with Crippen molar-refractivity contribution in [2.45, 2.75) is 214 Å². The topological polar surface area (TPSA) is 80.9 Å². The summed E-state index contributed by atoms with van der Waals surface area (Å²) in [7, 11) is 0. The van der Waals surface area contributed by atoms with Crippen molar-refractivity contribution in [1.29, 1.82) is 0 Å². The number of unbranched alkanes of at least 4 members (excludes halogenated alkanes) is 7. The quantitative estimate of drug-likeness (QED) is 0.133. The fraction of sp³-hybridized carbons (Fsp3) is 1.00. The van der Waals surface area contributed by atoms with Crippen LogP contribution in [0.4, 0.5) is 0 Å². The first-order valence-electron chi connectivity index (χ1n) is 18.7. The monoisotopic (exact) mass is 649 g/mol. The zero-order valence-corrected chi connectivity index (χ0v) is 34.4. The van der Waals surface area contributed by atoms with Gasteiger partial charge < -0.3 is 20.4 Å². The zero-order valence-electron chi connectivity index (χ0n) is 34.4. The summed E-state index contributed by atoms with van der Waals surface area (Å²) < 4.78 is 0. The van der Waals surface area contributed by atoms with E-state index in [1.165, 1.54) is 64.2 Å². The van der Waals surface area contributed by atoms with E-state index in [0.29, 0.717) is 53.5 Å². The second kappa shape index (κ2) is 32.4. The van der Waals surface area contributed by atoms with Gasteiger partial charge in [0.2, 0.25) is 0 Å². The van der Waals surface area contributed by atoms with Crippen LogP contribution in [-0.4, -0.2) is 46.9 Å². The second-order valence-electron chi connectivity index (χ2n) is 19.0. The van der Waals surface area contributed by atoms with Gasteiger partial charge in [-0.3, -0.25) is 0 Å². The lowest BCUT2D eigenvalue weighted by molar-refractivity contribution is 0.225. The highest BCUT2D eigenvalue weighted by Crippen LogP contribution is 2.23. The van der Waals surface area contributed by atoms with Gasteiger partial charge in [0.05, 0.1) is 0 Å². The molecule has 0 aliphatic rings. The van der Waals surface area contributed by atoms with Crippen LogP contribution < -0.4 is 0 Å². The third kappa shape index (κ3) is 86.2. The Hall–Kier alpha value is -0.160. The molecule has 4 nitrogen and oxygen atoms in total. The highest BCUT2D eigenvalue weighted by molar-refractivity contribution is 4.62. The van der Waals surface area contributed by atoms with Gasteiger partial charge in [0.25, 0.3) is 0 Å². The van der Waals surface area contributed by atoms with E-state index in [4.69, 9.17) is 20.4 Å². The van der Waals surface area contributed by atoms with Gasteiger partial charge in [-0.15, -0.1) is 0 Å². The van der Waals surface area contributed by atoms with Gasteiger partial charge in [-0.1, -0.05) is 162 Å². The molecule has 0 aromatic heterocycles. The molecule has 0 bridgehead atoms. The number of hydrogen-bond acceptors (Lipinski definition) is 4.